The number of carbonyl (C=O) groups is 1. The molecule has 2 aromatic rings. The molecule has 6 nitrogen and oxygen atoms in total. The van der Waals surface area contributed by atoms with Crippen LogP contribution in [0.2, 0.25) is 0 Å². The quantitative estimate of drug-likeness (QED) is 0.726. The van der Waals surface area contributed by atoms with Gasteiger partial charge in [-0.2, -0.15) is 0 Å². The summed E-state index contributed by atoms with van der Waals surface area (Å²) in [6.45, 7) is -0.100. The molecule has 0 saturated carbocycles. The number of phenolic OH excluding ortho intramolecular Hbond substituents is 1. The smallest absolute Gasteiger partial charge is 0.412 e. The molecule has 6 heteroatoms. The van der Waals surface area contributed by atoms with E-state index in [4.69, 9.17) is 9.47 Å². The van der Waals surface area contributed by atoms with Gasteiger partial charge in [-0.1, -0.05) is 30.3 Å². The fourth-order valence-electron chi connectivity index (χ4n) is 2.33. The molecule has 0 fully saturated rings. The third-order valence-corrected chi connectivity index (χ3v) is 3.53. The van der Waals surface area contributed by atoms with Crippen molar-refractivity contribution in [3.63, 3.8) is 0 Å². The van der Waals surface area contributed by atoms with E-state index < -0.39 is 18.3 Å². The van der Waals surface area contributed by atoms with E-state index in [1.165, 1.54) is 19.2 Å². The van der Waals surface area contributed by atoms with Gasteiger partial charge in [0.05, 0.1) is 0 Å². The Morgan fingerprint density at radius 3 is 2.38 bits per heavy atom. The number of aliphatic hydroxyl groups is 1. The van der Waals surface area contributed by atoms with Gasteiger partial charge < -0.3 is 19.7 Å². The highest BCUT2D eigenvalue weighted by Crippen LogP contribution is 2.27. The summed E-state index contributed by atoms with van der Waals surface area (Å²) in [5, 5.41) is 21.3. The first-order valence-electron chi connectivity index (χ1n) is 7.59. The maximum Gasteiger partial charge on any atom is 0.412 e. The molecule has 1 amide bonds. The lowest BCUT2D eigenvalue weighted by atomic mass is 10.0. The summed E-state index contributed by atoms with van der Waals surface area (Å²) >= 11 is 0. The van der Waals surface area contributed by atoms with Crippen LogP contribution >= 0.6 is 0 Å². The molecule has 0 spiro atoms. The highest BCUT2D eigenvalue weighted by atomic mass is 16.6. The Hall–Kier alpha value is -2.57. The third-order valence-electron chi connectivity index (χ3n) is 3.53. The topological polar surface area (TPSA) is 88.0 Å². The molecule has 128 valence electrons. The van der Waals surface area contributed by atoms with Gasteiger partial charge in [0, 0.05) is 25.8 Å². The molecule has 24 heavy (non-hydrogen) atoms. The van der Waals surface area contributed by atoms with E-state index >= 15 is 0 Å². The standard InChI is InChI=1S/C18H21NO5/c1-23-16(11-12-20)17(13-7-9-15(21)10-8-13)24-18(22)19-14-5-3-2-4-6-14/h2-10,16-17,20-21H,11-12H2,1H3,(H,19,22)/t16-,17-/m0/s1. The van der Waals surface area contributed by atoms with Gasteiger partial charge in [-0.15, -0.1) is 0 Å². The number of rotatable bonds is 7. The summed E-state index contributed by atoms with van der Waals surface area (Å²) in [4.78, 5) is 12.2. The first-order valence-corrected chi connectivity index (χ1v) is 7.59. The predicted molar refractivity (Wildman–Crippen MR) is 89.9 cm³/mol. The summed E-state index contributed by atoms with van der Waals surface area (Å²) in [5.74, 6) is 0.113. The van der Waals surface area contributed by atoms with Crippen molar-refractivity contribution < 1.29 is 24.5 Å². The van der Waals surface area contributed by atoms with Gasteiger partial charge >= 0.3 is 6.09 Å². The molecule has 2 atom stereocenters. The van der Waals surface area contributed by atoms with Gasteiger partial charge in [0.2, 0.25) is 0 Å². The maximum absolute atomic E-state index is 12.2. The number of methoxy groups -OCH3 is 1. The second-order valence-electron chi connectivity index (χ2n) is 5.19. The first-order chi connectivity index (χ1) is 11.6. The zero-order valence-electron chi connectivity index (χ0n) is 13.4. The highest BCUT2D eigenvalue weighted by molar-refractivity contribution is 5.84. The van der Waals surface area contributed by atoms with Crippen molar-refractivity contribution >= 4 is 11.8 Å². The van der Waals surface area contributed by atoms with Crippen LogP contribution in [-0.4, -0.2) is 36.1 Å². The number of benzene rings is 2. The van der Waals surface area contributed by atoms with E-state index in [0.717, 1.165) is 0 Å². The molecule has 0 heterocycles. The van der Waals surface area contributed by atoms with Crippen LogP contribution in [-0.2, 0) is 9.47 Å². The largest absolute Gasteiger partial charge is 0.508 e. The third kappa shape index (κ3) is 4.97. The Morgan fingerprint density at radius 2 is 1.79 bits per heavy atom. The lowest BCUT2D eigenvalue weighted by molar-refractivity contribution is -0.0306. The minimum absolute atomic E-state index is 0.100. The fraction of sp³-hybridized carbons (Fsp3) is 0.278. The number of carbonyl (C=O) groups excluding carboxylic acids is 1. The fourth-order valence-corrected chi connectivity index (χ4v) is 2.33. The minimum atomic E-state index is -0.716. The van der Waals surface area contributed by atoms with Crippen molar-refractivity contribution in [2.45, 2.75) is 18.6 Å². The molecular formula is C18H21NO5. The Labute approximate surface area is 140 Å². The van der Waals surface area contributed by atoms with E-state index in [1.807, 2.05) is 6.07 Å². The monoisotopic (exact) mass is 331 g/mol. The summed E-state index contributed by atoms with van der Waals surface area (Å²) in [5.41, 5.74) is 1.28. The molecule has 2 aromatic carbocycles. The van der Waals surface area contributed by atoms with E-state index in [-0.39, 0.29) is 12.4 Å². The number of ether oxygens (including phenoxy) is 2. The Kier molecular flexibility index (Phi) is 6.60. The number of para-hydroxylation sites is 1. The van der Waals surface area contributed by atoms with E-state index in [9.17, 15) is 15.0 Å². The Balaban J connectivity index is 2.15. The van der Waals surface area contributed by atoms with Crippen LogP contribution in [0.25, 0.3) is 0 Å². The molecule has 0 aliphatic carbocycles. The predicted octanol–water partition coefficient (Wildman–Crippen LogP) is 3.08. The zero-order valence-corrected chi connectivity index (χ0v) is 13.4. The van der Waals surface area contributed by atoms with Gasteiger partial charge in [0.25, 0.3) is 0 Å². The Bertz CT molecular complexity index is 630. The van der Waals surface area contributed by atoms with Crippen molar-refractivity contribution in [3.8, 4) is 5.75 Å². The van der Waals surface area contributed by atoms with Crippen molar-refractivity contribution in [1.29, 1.82) is 0 Å². The zero-order chi connectivity index (χ0) is 17.4. The highest BCUT2D eigenvalue weighted by Gasteiger charge is 2.27. The average molecular weight is 331 g/mol. The van der Waals surface area contributed by atoms with E-state index in [1.54, 1.807) is 36.4 Å². The molecule has 0 bridgehead atoms. The summed E-state index contributed by atoms with van der Waals surface area (Å²) in [6.07, 6.45) is -1.55. The second-order valence-corrected chi connectivity index (χ2v) is 5.19. The van der Waals surface area contributed by atoms with Gasteiger partial charge in [-0.25, -0.2) is 4.79 Å². The van der Waals surface area contributed by atoms with Crippen LogP contribution in [0.3, 0.4) is 0 Å². The van der Waals surface area contributed by atoms with Crippen molar-refractivity contribution in [2.75, 3.05) is 19.0 Å². The lowest BCUT2D eigenvalue weighted by Gasteiger charge is -2.26. The normalized spacial score (nSPS) is 13.1. The molecule has 0 radical (unpaired) electrons. The van der Waals surface area contributed by atoms with Crippen LogP contribution in [0.4, 0.5) is 10.5 Å². The van der Waals surface area contributed by atoms with E-state index in [0.29, 0.717) is 17.7 Å². The van der Waals surface area contributed by atoms with Gasteiger partial charge in [0.15, 0.2) is 6.10 Å². The van der Waals surface area contributed by atoms with Crippen LogP contribution in [0.1, 0.15) is 18.1 Å². The van der Waals surface area contributed by atoms with Crippen LogP contribution < -0.4 is 5.32 Å². The number of hydrogen-bond donors (Lipinski definition) is 3. The SMILES string of the molecule is CO[C@@H](CCO)[C@@H](OC(=O)Nc1ccccc1)c1ccc(O)cc1. The molecule has 0 saturated heterocycles. The van der Waals surface area contributed by atoms with Gasteiger partial charge in [-0.3, -0.25) is 5.32 Å². The van der Waals surface area contributed by atoms with Crippen LogP contribution in [0.5, 0.6) is 5.75 Å². The molecule has 0 aliphatic rings. The number of hydrogen-bond acceptors (Lipinski definition) is 5. The summed E-state index contributed by atoms with van der Waals surface area (Å²) in [7, 11) is 1.49. The first kappa shape index (κ1) is 17.8. The van der Waals surface area contributed by atoms with Gasteiger partial charge in [-0.05, 0) is 29.8 Å². The minimum Gasteiger partial charge on any atom is -0.508 e. The van der Waals surface area contributed by atoms with Crippen molar-refractivity contribution in [2.24, 2.45) is 0 Å². The van der Waals surface area contributed by atoms with Crippen LogP contribution in [0, 0.1) is 0 Å². The molecular weight excluding hydrogens is 310 g/mol. The maximum atomic E-state index is 12.2. The van der Waals surface area contributed by atoms with Crippen molar-refractivity contribution in [3.05, 3.63) is 60.2 Å². The molecule has 3 N–H and O–H groups in total. The average Bonchev–Trinajstić information content (AvgIpc) is 2.59. The lowest BCUT2D eigenvalue weighted by Crippen LogP contribution is -2.28. The molecule has 0 unspecified atom stereocenters. The van der Waals surface area contributed by atoms with Gasteiger partial charge in [0.1, 0.15) is 11.9 Å². The number of aliphatic hydroxyl groups excluding tert-OH is 1. The Morgan fingerprint density at radius 1 is 1.12 bits per heavy atom. The van der Waals surface area contributed by atoms with Crippen LogP contribution in [0.15, 0.2) is 54.6 Å². The second kappa shape index (κ2) is 8.90. The number of nitrogens with one attached hydrogen (secondary N) is 1. The van der Waals surface area contributed by atoms with E-state index in [2.05, 4.69) is 5.32 Å². The number of phenols is 1. The number of aromatic hydroxyl groups is 1. The molecule has 0 aliphatic heterocycles. The number of amides is 1. The van der Waals surface area contributed by atoms with Crippen molar-refractivity contribution in [1.82, 2.24) is 0 Å². The summed E-state index contributed by atoms with van der Waals surface area (Å²) < 4.78 is 10.9. The summed E-state index contributed by atoms with van der Waals surface area (Å²) in [6, 6.07) is 15.3. The molecule has 0 aromatic heterocycles. The molecule has 2 rings (SSSR count). The number of anilines is 1.